The Hall–Kier alpha value is -3.34. The highest BCUT2D eigenvalue weighted by atomic mass is 35.5. The molecule has 1 aliphatic heterocycles. The number of imidazole rings is 1. The van der Waals surface area contributed by atoms with Crippen LogP contribution >= 0.6 is 11.6 Å². The van der Waals surface area contributed by atoms with E-state index in [1.807, 2.05) is 0 Å². The van der Waals surface area contributed by atoms with Crippen molar-refractivity contribution in [3.63, 3.8) is 0 Å². The number of piperidine rings is 1. The number of pyridine rings is 2. The Labute approximate surface area is 234 Å². The zero-order valence-corrected chi connectivity index (χ0v) is 23.0. The smallest absolute Gasteiger partial charge is 0.338 e. The summed E-state index contributed by atoms with van der Waals surface area (Å²) in [6, 6.07) is 3.31. The summed E-state index contributed by atoms with van der Waals surface area (Å²) in [6.07, 6.45) is 8.48. The van der Waals surface area contributed by atoms with Crippen molar-refractivity contribution in [3.8, 4) is 22.8 Å². The molecule has 4 aromatic rings. The number of hydrogen-bond acceptors (Lipinski definition) is 7. The molecule has 0 aromatic carbocycles. The van der Waals surface area contributed by atoms with Gasteiger partial charge in [0.15, 0.2) is 0 Å². The average Bonchev–Trinajstić information content (AvgIpc) is 3.18. The van der Waals surface area contributed by atoms with Crippen LogP contribution in [-0.2, 0) is 6.54 Å². The van der Waals surface area contributed by atoms with Crippen LogP contribution in [0.1, 0.15) is 46.0 Å². The molecule has 9 nitrogen and oxygen atoms in total. The number of alkyl halides is 2. The van der Waals surface area contributed by atoms with Crippen LogP contribution in [0.3, 0.4) is 0 Å². The van der Waals surface area contributed by atoms with Gasteiger partial charge in [-0.3, -0.25) is 14.5 Å². The monoisotopic (exact) mass is 569 g/mol. The van der Waals surface area contributed by atoms with Gasteiger partial charge >= 0.3 is 5.76 Å². The van der Waals surface area contributed by atoms with Crippen molar-refractivity contribution in [2.45, 2.75) is 64.5 Å². The molecule has 40 heavy (non-hydrogen) atoms. The van der Waals surface area contributed by atoms with E-state index in [1.165, 1.54) is 0 Å². The van der Waals surface area contributed by atoms with Gasteiger partial charge in [0.25, 0.3) is 5.92 Å². The van der Waals surface area contributed by atoms with E-state index in [9.17, 15) is 13.6 Å². The summed E-state index contributed by atoms with van der Waals surface area (Å²) in [5.41, 5.74) is 3.06. The molecule has 1 saturated heterocycles. The highest BCUT2D eigenvalue weighted by molar-refractivity contribution is 6.30. The number of halogens is 3. The lowest BCUT2D eigenvalue weighted by Gasteiger charge is -2.29. The van der Waals surface area contributed by atoms with E-state index in [0.717, 1.165) is 44.5 Å². The van der Waals surface area contributed by atoms with E-state index in [1.54, 1.807) is 24.5 Å². The zero-order valence-electron chi connectivity index (χ0n) is 22.3. The Morgan fingerprint density at radius 3 is 2.62 bits per heavy atom. The molecular formula is C28H30ClF2N7O2. The van der Waals surface area contributed by atoms with Gasteiger partial charge < -0.3 is 9.47 Å². The highest BCUT2D eigenvalue weighted by Gasteiger charge is 2.66. The molecule has 3 aliphatic rings. The molecule has 3 atom stereocenters. The molecule has 210 valence electrons. The van der Waals surface area contributed by atoms with Gasteiger partial charge in [-0.15, -0.1) is 0 Å². The lowest BCUT2D eigenvalue weighted by Crippen LogP contribution is -2.32. The summed E-state index contributed by atoms with van der Waals surface area (Å²) in [5, 5.41) is 4.29. The number of nitrogens with one attached hydrogen (secondary N) is 1. The molecule has 7 rings (SSSR count). The summed E-state index contributed by atoms with van der Waals surface area (Å²) < 4.78 is 35.9. The number of nitrogens with zero attached hydrogens (tertiary/aromatic N) is 6. The van der Waals surface area contributed by atoms with E-state index in [-0.39, 0.29) is 17.8 Å². The van der Waals surface area contributed by atoms with Crippen LogP contribution in [0, 0.1) is 23.7 Å². The van der Waals surface area contributed by atoms with E-state index in [4.69, 9.17) is 26.1 Å². The lowest BCUT2D eigenvalue weighted by atomic mass is 9.83. The fourth-order valence-corrected chi connectivity index (χ4v) is 7.16. The summed E-state index contributed by atoms with van der Waals surface area (Å²) in [4.78, 5) is 30.6. The van der Waals surface area contributed by atoms with Gasteiger partial charge in [-0.2, -0.15) is 0 Å². The first-order valence-electron chi connectivity index (χ1n) is 13.9. The molecule has 1 N–H and O–H groups in total. The maximum Gasteiger partial charge on any atom is 0.439 e. The molecule has 2 aliphatic carbocycles. The van der Waals surface area contributed by atoms with Crippen molar-refractivity contribution >= 4 is 28.6 Å². The summed E-state index contributed by atoms with van der Waals surface area (Å²) in [6.45, 7) is 4.71. The third-order valence-electron chi connectivity index (χ3n) is 8.97. The van der Waals surface area contributed by atoms with Gasteiger partial charge in [0.05, 0.1) is 21.7 Å². The largest absolute Gasteiger partial charge is 0.439 e. The Morgan fingerprint density at radius 2 is 1.95 bits per heavy atom. The normalized spacial score (nSPS) is 26.4. The molecular weight excluding hydrogens is 540 g/mol. The van der Waals surface area contributed by atoms with Crippen LogP contribution in [0.25, 0.3) is 33.8 Å². The number of H-pyrrole nitrogens is 1. The minimum absolute atomic E-state index is 0.0331. The van der Waals surface area contributed by atoms with Crippen molar-refractivity contribution < 1.29 is 13.3 Å². The van der Waals surface area contributed by atoms with Crippen molar-refractivity contribution in [2.75, 3.05) is 11.4 Å². The maximum absolute atomic E-state index is 14.5. The number of anilines is 1. The van der Waals surface area contributed by atoms with Gasteiger partial charge in [-0.1, -0.05) is 36.5 Å². The average molecular weight is 570 g/mol. The molecule has 0 spiro atoms. The predicted molar refractivity (Wildman–Crippen MR) is 146 cm³/mol. The molecule has 0 radical (unpaired) electrons. The van der Waals surface area contributed by atoms with Crippen LogP contribution in [0.15, 0.2) is 33.8 Å². The first-order valence-corrected chi connectivity index (χ1v) is 14.3. The number of aromatic nitrogens is 6. The third-order valence-corrected chi connectivity index (χ3v) is 9.18. The van der Waals surface area contributed by atoms with E-state index >= 15 is 0 Å². The van der Waals surface area contributed by atoms with Gasteiger partial charge in [-0.05, 0) is 56.1 Å². The van der Waals surface area contributed by atoms with Crippen LogP contribution < -0.4 is 10.7 Å². The number of hydrogen-bond donors (Lipinski definition) is 1. The van der Waals surface area contributed by atoms with Gasteiger partial charge in [0.1, 0.15) is 5.69 Å². The minimum Gasteiger partial charge on any atom is -0.338 e. The number of fused-ring (bicyclic) bond motifs is 2. The van der Waals surface area contributed by atoms with Gasteiger partial charge in [-0.25, -0.2) is 23.5 Å². The first kappa shape index (κ1) is 25.6. The predicted octanol–water partition coefficient (Wildman–Crippen LogP) is 5.80. The Morgan fingerprint density at radius 1 is 1.15 bits per heavy atom. The Bertz CT molecular complexity index is 1640. The van der Waals surface area contributed by atoms with E-state index in [0.29, 0.717) is 58.4 Å². The Kier molecular flexibility index (Phi) is 5.99. The quantitative estimate of drug-likeness (QED) is 0.313. The molecule has 3 fully saturated rings. The van der Waals surface area contributed by atoms with Crippen LogP contribution in [-0.4, -0.2) is 48.2 Å². The van der Waals surface area contributed by atoms with Crippen molar-refractivity contribution in [3.05, 3.63) is 40.1 Å². The maximum atomic E-state index is 14.5. The second kappa shape index (κ2) is 9.36. The van der Waals surface area contributed by atoms with E-state index in [2.05, 4.69) is 31.5 Å². The lowest BCUT2D eigenvalue weighted by molar-refractivity contribution is -0.0108. The highest BCUT2D eigenvalue weighted by Crippen LogP contribution is 2.58. The first-order chi connectivity index (χ1) is 19.2. The SMILES string of the molecule is CC(F)(F)C1C2CCN(c3nc4cc(-c5noc(=O)[nH]5)nc(-c5cncc(Cl)c5)c4n3C[C@H]3CC[C@H](C)CC3)C21. The topological polar surface area (TPSA) is 106 Å². The van der Waals surface area contributed by atoms with Crippen molar-refractivity contribution in [2.24, 2.45) is 23.7 Å². The fourth-order valence-electron chi connectivity index (χ4n) is 6.99. The van der Waals surface area contributed by atoms with Gasteiger partial charge in [0.2, 0.25) is 11.8 Å². The number of rotatable bonds is 6. The second-order valence-corrected chi connectivity index (χ2v) is 12.3. The van der Waals surface area contributed by atoms with Crippen LogP contribution in [0.4, 0.5) is 14.7 Å². The molecule has 2 saturated carbocycles. The molecule has 4 aromatic heterocycles. The fraction of sp³-hybridized carbons (Fsp3) is 0.536. The summed E-state index contributed by atoms with van der Waals surface area (Å²) in [5.74, 6) is -2.13. The molecule has 3 unspecified atom stereocenters. The minimum atomic E-state index is -2.74. The molecule has 5 heterocycles. The Balaban J connectivity index is 1.42. The molecule has 0 bridgehead atoms. The van der Waals surface area contributed by atoms with Crippen LogP contribution in [0.5, 0.6) is 0 Å². The van der Waals surface area contributed by atoms with E-state index < -0.39 is 17.6 Å². The van der Waals surface area contributed by atoms with Gasteiger partial charge in [0, 0.05) is 43.0 Å². The summed E-state index contributed by atoms with van der Waals surface area (Å²) in [7, 11) is 0. The van der Waals surface area contributed by atoms with Crippen molar-refractivity contribution in [1.29, 1.82) is 0 Å². The zero-order chi connectivity index (χ0) is 27.8. The standard InChI is InChI=1S/C28H30ClF2N7O2/c1-14-3-5-15(6-4-14)13-38-24-19(34-26(38)37-8-7-18-21(23(18)37)28(2,30)31)10-20(25-35-27(39)40-36-25)33-22(24)16-9-17(29)12-32-11-16/h9-12,14-15,18,21,23H,3-8,13H2,1-2H3,(H,35,36,39)/t14-,15-,18?,21?,23?. The second-order valence-electron chi connectivity index (χ2n) is 11.8. The molecule has 12 heteroatoms. The third kappa shape index (κ3) is 4.38. The molecule has 0 amide bonds. The number of aromatic amines is 1. The summed E-state index contributed by atoms with van der Waals surface area (Å²) >= 11 is 6.34. The van der Waals surface area contributed by atoms with Crippen LogP contribution in [0.2, 0.25) is 5.02 Å². The van der Waals surface area contributed by atoms with Crippen molar-refractivity contribution in [1.82, 2.24) is 29.7 Å².